The SMILES string of the molecule is CCN(Cc1cccc(NC(=O)c2ccc[nH]2)c1)C(=O)C(F)(F)F. The van der Waals surface area contributed by atoms with Crippen molar-refractivity contribution < 1.29 is 22.8 Å². The van der Waals surface area contributed by atoms with Crippen molar-refractivity contribution in [3.8, 4) is 0 Å². The molecule has 0 bridgehead atoms. The zero-order chi connectivity index (χ0) is 17.7. The van der Waals surface area contributed by atoms with Gasteiger partial charge in [-0.05, 0) is 36.8 Å². The summed E-state index contributed by atoms with van der Waals surface area (Å²) in [4.78, 5) is 26.7. The molecule has 2 rings (SSSR count). The van der Waals surface area contributed by atoms with E-state index in [1.807, 2.05) is 0 Å². The molecule has 2 N–H and O–H groups in total. The molecular formula is C16H16F3N3O2. The Balaban J connectivity index is 2.09. The Hall–Kier alpha value is -2.77. The smallest absolute Gasteiger partial charge is 0.357 e. The molecule has 1 heterocycles. The van der Waals surface area contributed by atoms with Gasteiger partial charge in [-0.1, -0.05) is 12.1 Å². The molecular weight excluding hydrogens is 323 g/mol. The lowest BCUT2D eigenvalue weighted by atomic mass is 10.2. The first-order valence-corrected chi connectivity index (χ1v) is 7.21. The van der Waals surface area contributed by atoms with E-state index in [0.717, 1.165) is 0 Å². The van der Waals surface area contributed by atoms with Crippen LogP contribution in [0.15, 0.2) is 42.6 Å². The quantitative estimate of drug-likeness (QED) is 0.879. The van der Waals surface area contributed by atoms with Gasteiger partial charge in [-0.25, -0.2) is 0 Å². The number of halogens is 3. The van der Waals surface area contributed by atoms with Gasteiger partial charge in [0.25, 0.3) is 5.91 Å². The van der Waals surface area contributed by atoms with Gasteiger partial charge in [0.15, 0.2) is 0 Å². The number of hydrogen-bond donors (Lipinski definition) is 2. The number of rotatable bonds is 5. The number of aromatic amines is 1. The molecule has 0 aliphatic rings. The lowest BCUT2D eigenvalue weighted by Gasteiger charge is -2.22. The number of carbonyl (C=O) groups is 2. The molecule has 0 unspecified atom stereocenters. The van der Waals surface area contributed by atoms with Crippen LogP contribution in [-0.4, -0.2) is 34.4 Å². The van der Waals surface area contributed by atoms with Crippen LogP contribution >= 0.6 is 0 Å². The van der Waals surface area contributed by atoms with E-state index >= 15 is 0 Å². The molecule has 0 saturated carbocycles. The molecule has 128 valence electrons. The van der Waals surface area contributed by atoms with Crippen LogP contribution in [0.25, 0.3) is 0 Å². The number of hydrogen-bond acceptors (Lipinski definition) is 2. The largest absolute Gasteiger partial charge is 0.471 e. The Kier molecular flexibility index (Phi) is 5.28. The van der Waals surface area contributed by atoms with Gasteiger partial charge in [-0.15, -0.1) is 0 Å². The van der Waals surface area contributed by atoms with Crippen molar-refractivity contribution >= 4 is 17.5 Å². The second kappa shape index (κ2) is 7.20. The van der Waals surface area contributed by atoms with Crippen molar-refractivity contribution in [2.24, 2.45) is 0 Å². The molecule has 24 heavy (non-hydrogen) atoms. The van der Waals surface area contributed by atoms with E-state index in [4.69, 9.17) is 0 Å². The summed E-state index contributed by atoms with van der Waals surface area (Å²) in [5, 5.41) is 2.64. The fraction of sp³-hybridized carbons (Fsp3) is 0.250. The maximum Gasteiger partial charge on any atom is 0.471 e. The van der Waals surface area contributed by atoms with Crippen LogP contribution < -0.4 is 5.32 Å². The third-order valence-electron chi connectivity index (χ3n) is 3.31. The predicted octanol–water partition coefficient (Wildman–Crippen LogP) is 3.18. The second-order valence-electron chi connectivity index (χ2n) is 5.06. The summed E-state index contributed by atoms with van der Waals surface area (Å²) in [6.07, 6.45) is -3.30. The molecule has 2 amide bonds. The van der Waals surface area contributed by atoms with Crippen LogP contribution in [0.1, 0.15) is 23.0 Å². The van der Waals surface area contributed by atoms with Crippen molar-refractivity contribution in [2.45, 2.75) is 19.6 Å². The van der Waals surface area contributed by atoms with E-state index in [9.17, 15) is 22.8 Å². The number of anilines is 1. The van der Waals surface area contributed by atoms with Crippen molar-refractivity contribution in [3.05, 3.63) is 53.9 Å². The summed E-state index contributed by atoms with van der Waals surface area (Å²) in [5.74, 6) is -2.25. The number of nitrogens with one attached hydrogen (secondary N) is 2. The molecule has 0 saturated heterocycles. The van der Waals surface area contributed by atoms with E-state index in [-0.39, 0.29) is 19.0 Å². The lowest BCUT2D eigenvalue weighted by Crippen LogP contribution is -2.40. The minimum atomic E-state index is -4.91. The van der Waals surface area contributed by atoms with E-state index in [1.165, 1.54) is 13.0 Å². The Morgan fingerprint density at radius 1 is 1.21 bits per heavy atom. The molecule has 8 heteroatoms. The highest BCUT2D eigenvalue weighted by atomic mass is 19.4. The fourth-order valence-electron chi connectivity index (χ4n) is 2.14. The number of nitrogens with zero attached hydrogens (tertiary/aromatic N) is 1. The summed E-state index contributed by atoms with van der Waals surface area (Å²) in [5.41, 5.74) is 1.28. The first-order chi connectivity index (χ1) is 11.3. The zero-order valence-corrected chi connectivity index (χ0v) is 12.9. The highest BCUT2D eigenvalue weighted by molar-refractivity contribution is 6.02. The van der Waals surface area contributed by atoms with E-state index in [0.29, 0.717) is 21.8 Å². The fourth-order valence-corrected chi connectivity index (χ4v) is 2.14. The van der Waals surface area contributed by atoms with Gasteiger partial charge < -0.3 is 15.2 Å². The zero-order valence-electron chi connectivity index (χ0n) is 12.9. The highest BCUT2D eigenvalue weighted by Crippen LogP contribution is 2.21. The minimum absolute atomic E-state index is 0.0720. The van der Waals surface area contributed by atoms with Gasteiger partial charge in [0.05, 0.1) is 0 Å². The molecule has 1 aromatic carbocycles. The van der Waals surface area contributed by atoms with E-state index < -0.39 is 12.1 Å². The standard InChI is InChI=1S/C16H16F3N3O2/c1-2-22(15(24)16(17,18)19)10-11-5-3-6-12(9-11)21-14(23)13-7-4-8-20-13/h3-9,20H,2,10H2,1H3,(H,21,23). The summed E-state index contributed by atoms with van der Waals surface area (Å²) < 4.78 is 37.6. The molecule has 1 aromatic heterocycles. The summed E-state index contributed by atoms with van der Waals surface area (Å²) >= 11 is 0. The van der Waals surface area contributed by atoms with Crippen LogP contribution in [0, 0.1) is 0 Å². The van der Waals surface area contributed by atoms with Crippen LogP contribution in [0.5, 0.6) is 0 Å². The van der Waals surface area contributed by atoms with Crippen molar-refractivity contribution in [3.63, 3.8) is 0 Å². The number of carbonyl (C=O) groups excluding carboxylic acids is 2. The maximum atomic E-state index is 12.5. The number of H-pyrrole nitrogens is 1. The monoisotopic (exact) mass is 339 g/mol. The van der Waals surface area contributed by atoms with Gasteiger partial charge in [0.2, 0.25) is 0 Å². The number of amides is 2. The first-order valence-electron chi connectivity index (χ1n) is 7.21. The minimum Gasteiger partial charge on any atom is -0.357 e. The van der Waals surface area contributed by atoms with Gasteiger partial charge in [0.1, 0.15) is 5.69 Å². The van der Waals surface area contributed by atoms with Crippen molar-refractivity contribution in [1.82, 2.24) is 9.88 Å². The van der Waals surface area contributed by atoms with Crippen LogP contribution in [0.2, 0.25) is 0 Å². The molecule has 2 aromatic rings. The average Bonchev–Trinajstić information content (AvgIpc) is 3.06. The third-order valence-corrected chi connectivity index (χ3v) is 3.31. The molecule has 0 radical (unpaired) electrons. The number of benzene rings is 1. The Labute approximate surface area is 136 Å². The van der Waals surface area contributed by atoms with E-state index in [1.54, 1.807) is 36.5 Å². The van der Waals surface area contributed by atoms with Gasteiger partial charge in [0, 0.05) is 25.0 Å². The van der Waals surface area contributed by atoms with E-state index in [2.05, 4.69) is 10.3 Å². The van der Waals surface area contributed by atoms with Crippen LogP contribution in [-0.2, 0) is 11.3 Å². The van der Waals surface area contributed by atoms with Crippen LogP contribution in [0.4, 0.5) is 18.9 Å². The maximum absolute atomic E-state index is 12.5. The normalized spacial score (nSPS) is 11.2. The van der Waals surface area contributed by atoms with Crippen LogP contribution in [0.3, 0.4) is 0 Å². The number of aromatic nitrogens is 1. The molecule has 0 aliphatic heterocycles. The van der Waals surface area contributed by atoms with Gasteiger partial charge in [-0.2, -0.15) is 13.2 Å². The van der Waals surface area contributed by atoms with Gasteiger partial charge >= 0.3 is 12.1 Å². The summed E-state index contributed by atoms with van der Waals surface area (Å²) in [6, 6.07) is 9.62. The topological polar surface area (TPSA) is 65.2 Å². The molecule has 0 aliphatic carbocycles. The molecule has 5 nitrogen and oxygen atoms in total. The van der Waals surface area contributed by atoms with Gasteiger partial charge in [-0.3, -0.25) is 9.59 Å². The van der Waals surface area contributed by atoms with Crippen molar-refractivity contribution in [1.29, 1.82) is 0 Å². The average molecular weight is 339 g/mol. The second-order valence-corrected chi connectivity index (χ2v) is 5.06. The number of alkyl halides is 3. The third kappa shape index (κ3) is 4.37. The molecule has 0 atom stereocenters. The molecule has 0 spiro atoms. The Morgan fingerprint density at radius 3 is 2.54 bits per heavy atom. The summed E-state index contributed by atoms with van der Waals surface area (Å²) in [7, 11) is 0. The Morgan fingerprint density at radius 2 is 1.96 bits per heavy atom. The Bertz CT molecular complexity index is 712. The highest BCUT2D eigenvalue weighted by Gasteiger charge is 2.41. The molecule has 0 fully saturated rings. The lowest BCUT2D eigenvalue weighted by molar-refractivity contribution is -0.185. The van der Waals surface area contributed by atoms with Crippen molar-refractivity contribution in [2.75, 3.05) is 11.9 Å². The predicted molar refractivity (Wildman–Crippen MR) is 82.3 cm³/mol. The summed E-state index contributed by atoms with van der Waals surface area (Å²) in [6.45, 7) is 1.21. The first kappa shape index (κ1) is 17.6.